The number of carbonyl (C=O) groups is 2. The van der Waals surface area contributed by atoms with Crippen LogP contribution in [-0.4, -0.2) is 16.8 Å². The minimum atomic E-state index is -0.436. The SMILES string of the molecule is CCc1sc(C(=O)Nc2nc(CC(N)=O)cs2)cc1C. The first kappa shape index (κ1) is 14.7. The van der Waals surface area contributed by atoms with E-state index in [-0.39, 0.29) is 12.3 Å². The predicted molar refractivity (Wildman–Crippen MR) is 81.4 cm³/mol. The van der Waals surface area contributed by atoms with E-state index in [1.54, 1.807) is 5.38 Å². The van der Waals surface area contributed by atoms with Gasteiger partial charge in [-0.2, -0.15) is 0 Å². The molecule has 2 rings (SSSR count). The summed E-state index contributed by atoms with van der Waals surface area (Å²) >= 11 is 2.78. The van der Waals surface area contributed by atoms with Crippen molar-refractivity contribution >= 4 is 39.6 Å². The summed E-state index contributed by atoms with van der Waals surface area (Å²) in [5, 5.41) is 4.94. The molecule has 0 aliphatic heterocycles. The van der Waals surface area contributed by atoms with Gasteiger partial charge in [0, 0.05) is 10.3 Å². The van der Waals surface area contributed by atoms with E-state index in [0.29, 0.717) is 15.7 Å². The molecule has 0 aromatic carbocycles. The number of nitrogens with zero attached hydrogens (tertiary/aromatic N) is 1. The summed E-state index contributed by atoms with van der Waals surface area (Å²) in [4.78, 5) is 28.9. The number of hydrogen-bond donors (Lipinski definition) is 2. The summed E-state index contributed by atoms with van der Waals surface area (Å²) in [6.07, 6.45) is 1.01. The fraction of sp³-hybridized carbons (Fsp3) is 0.308. The Bertz CT molecular complexity index is 646. The summed E-state index contributed by atoms with van der Waals surface area (Å²) in [6.45, 7) is 4.07. The van der Waals surface area contributed by atoms with Crippen LogP contribution in [0.3, 0.4) is 0 Å². The molecule has 0 bridgehead atoms. The second-order valence-electron chi connectivity index (χ2n) is 4.31. The van der Waals surface area contributed by atoms with E-state index in [9.17, 15) is 9.59 Å². The third-order valence-corrected chi connectivity index (χ3v) is 4.88. The maximum atomic E-state index is 12.1. The van der Waals surface area contributed by atoms with Crippen LogP contribution in [-0.2, 0) is 17.6 Å². The van der Waals surface area contributed by atoms with E-state index in [2.05, 4.69) is 17.2 Å². The first-order valence-electron chi connectivity index (χ1n) is 6.13. The Labute approximate surface area is 124 Å². The van der Waals surface area contributed by atoms with Crippen molar-refractivity contribution in [2.75, 3.05) is 5.32 Å². The van der Waals surface area contributed by atoms with Crippen molar-refractivity contribution in [1.29, 1.82) is 0 Å². The largest absolute Gasteiger partial charge is 0.369 e. The van der Waals surface area contributed by atoms with Gasteiger partial charge in [-0.25, -0.2) is 4.98 Å². The van der Waals surface area contributed by atoms with Crippen LogP contribution in [0.25, 0.3) is 0 Å². The fourth-order valence-corrected chi connectivity index (χ4v) is 3.48. The van der Waals surface area contributed by atoms with Gasteiger partial charge in [0.1, 0.15) is 0 Å². The van der Waals surface area contributed by atoms with Crippen LogP contribution in [0.2, 0.25) is 0 Å². The zero-order valence-corrected chi connectivity index (χ0v) is 12.9. The number of aryl methyl sites for hydroxylation is 2. The molecule has 0 aliphatic rings. The summed E-state index contributed by atoms with van der Waals surface area (Å²) in [6, 6.07) is 1.89. The quantitative estimate of drug-likeness (QED) is 0.889. The Balaban J connectivity index is 2.07. The van der Waals surface area contributed by atoms with Crippen LogP contribution in [0.15, 0.2) is 11.4 Å². The Morgan fingerprint density at radius 2 is 2.20 bits per heavy atom. The van der Waals surface area contributed by atoms with Gasteiger partial charge in [-0.1, -0.05) is 6.92 Å². The van der Waals surface area contributed by atoms with Crippen molar-refractivity contribution in [2.45, 2.75) is 26.7 Å². The fourth-order valence-electron chi connectivity index (χ4n) is 1.77. The van der Waals surface area contributed by atoms with Crippen LogP contribution < -0.4 is 11.1 Å². The third kappa shape index (κ3) is 3.43. The normalized spacial score (nSPS) is 10.5. The average molecular weight is 309 g/mol. The van der Waals surface area contributed by atoms with Crippen molar-refractivity contribution in [2.24, 2.45) is 5.73 Å². The van der Waals surface area contributed by atoms with Gasteiger partial charge in [0.2, 0.25) is 5.91 Å². The van der Waals surface area contributed by atoms with Gasteiger partial charge in [0.25, 0.3) is 5.91 Å². The molecule has 0 saturated heterocycles. The molecule has 2 amide bonds. The number of hydrogen-bond acceptors (Lipinski definition) is 5. The lowest BCUT2D eigenvalue weighted by Gasteiger charge is -1.97. The van der Waals surface area contributed by atoms with Gasteiger partial charge in [-0.15, -0.1) is 22.7 Å². The molecule has 0 atom stereocenters. The molecular formula is C13H15N3O2S2. The highest BCUT2D eigenvalue weighted by atomic mass is 32.1. The summed E-state index contributed by atoms with van der Waals surface area (Å²) in [7, 11) is 0. The highest BCUT2D eigenvalue weighted by Crippen LogP contribution is 2.24. The number of aromatic nitrogens is 1. The smallest absolute Gasteiger partial charge is 0.267 e. The molecule has 2 aromatic heterocycles. The molecule has 0 spiro atoms. The maximum Gasteiger partial charge on any atom is 0.267 e. The second-order valence-corrected chi connectivity index (χ2v) is 6.31. The lowest BCUT2D eigenvalue weighted by atomic mass is 10.2. The predicted octanol–water partition coefficient (Wildman–Crippen LogP) is 2.36. The standard InChI is InChI=1S/C13H15N3O2S2/c1-3-9-7(2)4-10(20-9)12(18)16-13-15-8(6-19-13)5-11(14)17/h4,6H,3,5H2,1-2H3,(H2,14,17)(H,15,16,18). The third-order valence-electron chi connectivity index (χ3n) is 2.69. The Morgan fingerprint density at radius 3 is 2.80 bits per heavy atom. The first-order valence-corrected chi connectivity index (χ1v) is 7.82. The monoisotopic (exact) mass is 309 g/mol. The minimum Gasteiger partial charge on any atom is -0.369 e. The van der Waals surface area contributed by atoms with E-state index in [1.807, 2.05) is 13.0 Å². The topological polar surface area (TPSA) is 85.1 Å². The number of amides is 2. The van der Waals surface area contributed by atoms with Crippen LogP contribution in [0.4, 0.5) is 5.13 Å². The summed E-state index contributed by atoms with van der Waals surface area (Å²) < 4.78 is 0. The number of nitrogens with one attached hydrogen (secondary N) is 1. The van der Waals surface area contributed by atoms with Crippen LogP contribution in [0, 0.1) is 6.92 Å². The van der Waals surface area contributed by atoms with Crippen molar-refractivity contribution in [1.82, 2.24) is 4.98 Å². The lowest BCUT2D eigenvalue weighted by Crippen LogP contribution is -2.14. The molecule has 0 fully saturated rings. The van der Waals surface area contributed by atoms with E-state index in [1.165, 1.54) is 27.6 Å². The highest BCUT2D eigenvalue weighted by molar-refractivity contribution is 7.15. The lowest BCUT2D eigenvalue weighted by molar-refractivity contribution is -0.117. The van der Waals surface area contributed by atoms with Crippen LogP contribution >= 0.6 is 22.7 Å². The van der Waals surface area contributed by atoms with Crippen molar-refractivity contribution in [3.05, 3.63) is 32.5 Å². The van der Waals surface area contributed by atoms with E-state index in [0.717, 1.165) is 12.0 Å². The van der Waals surface area contributed by atoms with Gasteiger partial charge in [-0.3, -0.25) is 14.9 Å². The summed E-state index contributed by atoms with van der Waals surface area (Å²) in [5.41, 5.74) is 6.81. The number of primary amides is 1. The van der Waals surface area contributed by atoms with E-state index >= 15 is 0 Å². The zero-order chi connectivity index (χ0) is 14.7. The molecule has 2 heterocycles. The van der Waals surface area contributed by atoms with E-state index in [4.69, 9.17) is 5.73 Å². The van der Waals surface area contributed by atoms with Crippen molar-refractivity contribution < 1.29 is 9.59 Å². The molecule has 5 nitrogen and oxygen atoms in total. The molecule has 20 heavy (non-hydrogen) atoms. The Morgan fingerprint density at radius 1 is 1.45 bits per heavy atom. The van der Waals surface area contributed by atoms with E-state index < -0.39 is 5.91 Å². The summed E-state index contributed by atoms with van der Waals surface area (Å²) in [5.74, 6) is -0.604. The van der Waals surface area contributed by atoms with Gasteiger partial charge < -0.3 is 5.73 Å². The van der Waals surface area contributed by atoms with Crippen molar-refractivity contribution in [3.63, 3.8) is 0 Å². The number of rotatable bonds is 5. The molecular weight excluding hydrogens is 294 g/mol. The zero-order valence-electron chi connectivity index (χ0n) is 11.2. The number of thiophene rings is 1. The second kappa shape index (κ2) is 6.15. The molecule has 7 heteroatoms. The molecule has 0 unspecified atom stereocenters. The Kier molecular flexibility index (Phi) is 4.51. The van der Waals surface area contributed by atoms with Crippen LogP contribution in [0.5, 0.6) is 0 Å². The molecule has 0 radical (unpaired) electrons. The minimum absolute atomic E-state index is 0.0878. The molecule has 2 aromatic rings. The number of anilines is 1. The maximum absolute atomic E-state index is 12.1. The average Bonchev–Trinajstić information content (AvgIpc) is 2.95. The van der Waals surface area contributed by atoms with Gasteiger partial charge in [0.15, 0.2) is 5.13 Å². The number of nitrogens with two attached hydrogens (primary N) is 1. The number of carbonyl (C=O) groups excluding carboxylic acids is 2. The van der Waals surface area contributed by atoms with Gasteiger partial charge in [-0.05, 0) is 25.0 Å². The van der Waals surface area contributed by atoms with Crippen molar-refractivity contribution in [3.8, 4) is 0 Å². The Hall–Kier alpha value is -1.73. The number of thiazole rings is 1. The van der Waals surface area contributed by atoms with Crippen LogP contribution in [0.1, 0.15) is 32.7 Å². The highest BCUT2D eigenvalue weighted by Gasteiger charge is 2.13. The molecule has 3 N–H and O–H groups in total. The molecule has 106 valence electrons. The molecule has 0 saturated carbocycles. The van der Waals surface area contributed by atoms with Gasteiger partial charge in [0.05, 0.1) is 17.0 Å². The van der Waals surface area contributed by atoms with Gasteiger partial charge >= 0.3 is 0 Å². The first-order chi connectivity index (χ1) is 9.49. The molecule has 0 aliphatic carbocycles.